The van der Waals surface area contributed by atoms with E-state index in [9.17, 15) is 0 Å². The third-order valence-electron chi connectivity index (χ3n) is 1.54. The second-order valence-electron chi connectivity index (χ2n) is 2.36. The number of unbranched alkanes of at least 4 members (excludes halogenated alkanes) is 1. The summed E-state index contributed by atoms with van der Waals surface area (Å²) in [6, 6.07) is 0. The van der Waals surface area contributed by atoms with Gasteiger partial charge in [0.15, 0.2) is 0 Å². The van der Waals surface area contributed by atoms with Crippen molar-refractivity contribution in [2.45, 2.75) is 33.6 Å². The van der Waals surface area contributed by atoms with Crippen LogP contribution in [0.5, 0.6) is 0 Å². The molecule has 2 nitrogen and oxygen atoms in total. The number of hydrogen-bond donors (Lipinski definition) is 0. The Hall–Kier alpha value is -0.0800. The van der Waals surface area contributed by atoms with Crippen LogP contribution in [0.4, 0.5) is 0 Å². The van der Waals surface area contributed by atoms with E-state index in [1.54, 1.807) is 0 Å². The van der Waals surface area contributed by atoms with Crippen molar-refractivity contribution in [3.63, 3.8) is 0 Å². The van der Waals surface area contributed by atoms with Gasteiger partial charge in [0.25, 0.3) is 0 Å². The Kier molecular flexibility index (Phi) is 6.98. The maximum absolute atomic E-state index is 4.38. The second-order valence-corrected chi connectivity index (χ2v) is 2.36. The van der Waals surface area contributed by atoms with Crippen molar-refractivity contribution in [2.24, 2.45) is 0 Å². The van der Waals surface area contributed by atoms with Gasteiger partial charge in [0.05, 0.1) is 0 Å². The fourth-order valence-electron chi connectivity index (χ4n) is 0.794. The lowest BCUT2D eigenvalue weighted by Crippen LogP contribution is -2.31. The molecular weight excluding hydrogens is 124 g/mol. The molecule has 0 rings (SSSR count). The largest absolute Gasteiger partial charge is 0.227 e. The molecular formula is C8H19N2. The fraction of sp³-hybridized carbons (Fsp3) is 1.00. The minimum absolute atomic E-state index is 0.998. The first-order chi connectivity index (χ1) is 4.85. The summed E-state index contributed by atoms with van der Waals surface area (Å²) in [6.45, 7) is 9.55. The summed E-state index contributed by atoms with van der Waals surface area (Å²) in [6.07, 6.45) is 2.46. The van der Waals surface area contributed by atoms with E-state index in [1.165, 1.54) is 12.8 Å². The molecule has 0 N–H and O–H groups in total. The predicted molar refractivity (Wildman–Crippen MR) is 44.8 cm³/mol. The highest BCUT2D eigenvalue weighted by Gasteiger charge is 1.96. The lowest BCUT2D eigenvalue weighted by Gasteiger charge is -2.16. The summed E-state index contributed by atoms with van der Waals surface area (Å²) >= 11 is 0. The maximum Gasteiger partial charge on any atom is 0.0306 e. The van der Waals surface area contributed by atoms with Crippen LogP contribution in [-0.4, -0.2) is 24.6 Å². The molecule has 0 atom stereocenters. The standard InChI is InChI=1S/C8H19N2/c1-4-7-8-9-10(5-2)6-3/h4-8H2,1-3H3. The number of nitrogens with zero attached hydrogens (tertiary/aromatic N) is 2. The van der Waals surface area contributed by atoms with Gasteiger partial charge in [-0.25, -0.2) is 5.01 Å². The zero-order valence-electron chi connectivity index (χ0n) is 7.43. The topological polar surface area (TPSA) is 17.3 Å². The Labute approximate surface area is 64.6 Å². The summed E-state index contributed by atoms with van der Waals surface area (Å²) in [4.78, 5) is 0. The molecule has 61 valence electrons. The first kappa shape index (κ1) is 9.92. The SMILES string of the molecule is CCCC[N]N(CC)CC. The van der Waals surface area contributed by atoms with E-state index in [2.05, 4.69) is 31.2 Å². The number of rotatable bonds is 6. The van der Waals surface area contributed by atoms with Crippen molar-refractivity contribution in [2.75, 3.05) is 19.6 Å². The van der Waals surface area contributed by atoms with Crippen molar-refractivity contribution < 1.29 is 0 Å². The molecule has 0 aliphatic carbocycles. The highest BCUT2D eigenvalue weighted by Crippen LogP contribution is 1.87. The van der Waals surface area contributed by atoms with Crippen LogP contribution in [0, 0.1) is 0 Å². The molecule has 0 aliphatic heterocycles. The highest BCUT2D eigenvalue weighted by atomic mass is 15.5. The molecule has 0 heterocycles. The molecule has 0 saturated carbocycles. The van der Waals surface area contributed by atoms with Crippen LogP contribution in [0.25, 0.3) is 0 Å². The van der Waals surface area contributed by atoms with Gasteiger partial charge in [-0.3, -0.25) is 0 Å². The van der Waals surface area contributed by atoms with E-state index in [0.29, 0.717) is 0 Å². The Morgan fingerprint density at radius 1 is 1.10 bits per heavy atom. The Bertz CT molecular complexity index is 60.3. The van der Waals surface area contributed by atoms with Crippen molar-refractivity contribution in [1.82, 2.24) is 10.4 Å². The minimum Gasteiger partial charge on any atom is -0.227 e. The smallest absolute Gasteiger partial charge is 0.0306 e. The average Bonchev–Trinajstić information content (AvgIpc) is 1.99. The van der Waals surface area contributed by atoms with Crippen LogP contribution in [0.3, 0.4) is 0 Å². The molecule has 1 radical (unpaired) electrons. The summed E-state index contributed by atoms with van der Waals surface area (Å²) < 4.78 is 0. The zero-order chi connectivity index (χ0) is 7.82. The molecule has 0 aliphatic rings. The predicted octanol–water partition coefficient (Wildman–Crippen LogP) is 1.65. The summed E-state index contributed by atoms with van der Waals surface area (Å²) in [7, 11) is 0. The molecule has 0 aromatic rings. The van der Waals surface area contributed by atoms with E-state index in [1.807, 2.05) is 0 Å². The molecule has 0 bridgehead atoms. The van der Waals surface area contributed by atoms with Gasteiger partial charge in [-0.15, -0.1) is 0 Å². The van der Waals surface area contributed by atoms with E-state index >= 15 is 0 Å². The average molecular weight is 143 g/mol. The van der Waals surface area contributed by atoms with Crippen LogP contribution in [0.1, 0.15) is 33.6 Å². The normalized spacial score (nSPS) is 10.8. The quantitative estimate of drug-likeness (QED) is 0.408. The zero-order valence-corrected chi connectivity index (χ0v) is 7.43. The molecule has 0 aromatic heterocycles. The Balaban J connectivity index is 3.09. The molecule has 2 heteroatoms. The first-order valence-electron chi connectivity index (χ1n) is 4.27. The van der Waals surface area contributed by atoms with Gasteiger partial charge in [-0.05, 0) is 6.42 Å². The first-order valence-corrected chi connectivity index (χ1v) is 4.27. The van der Waals surface area contributed by atoms with Crippen LogP contribution >= 0.6 is 0 Å². The molecule has 0 fully saturated rings. The van der Waals surface area contributed by atoms with E-state index in [4.69, 9.17) is 0 Å². The fourth-order valence-corrected chi connectivity index (χ4v) is 0.794. The van der Waals surface area contributed by atoms with E-state index in [0.717, 1.165) is 19.6 Å². The van der Waals surface area contributed by atoms with Crippen molar-refractivity contribution in [1.29, 1.82) is 0 Å². The third-order valence-corrected chi connectivity index (χ3v) is 1.54. The van der Waals surface area contributed by atoms with Crippen LogP contribution < -0.4 is 5.43 Å². The van der Waals surface area contributed by atoms with Gasteiger partial charge in [0, 0.05) is 19.6 Å². The lowest BCUT2D eigenvalue weighted by atomic mass is 10.3. The van der Waals surface area contributed by atoms with Gasteiger partial charge in [0.2, 0.25) is 0 Å². The minimum atomic E-state index is 0.998. The van der Waals surface area contributed by atoms with Crippen LogP contribution in [-0.2, 0) is 0 Å². The molecule has 0 unspecified atom stereocenters. The van der Waals surface area contributed by atoms with Crippen LogP contribution in [0.2, 0.25) is 0 Å². The highest BCUT2D eigenvalue weighted by molar-refractivity contribution is 4.44. The number of hydrogen-bond acceptors (Lipinski definition) is 1. The molecule has 0 saturated heterocycles. The summed E-state index contributed by atoms with van der Waals surface area (Å²) in [5.74, 6) is 0. The van der Waals surface area contributed by atoms with E-state index in [-0.39, 0.29) is 0 Å². The Morgan fingerprint density at radius 2 is 1.70 bits per heavy atom. The summed E-state index contributed by atoms with van der Waals surface area (Å²) in [5.41, 5.74) is 4.38. The van der Waals surface area contributed by atoms with E-state index < -0.39 is 0 Å². The molecule has 0 amide bonds. The van der Waals surface area contributed by atoms with Crippen molar-refractivity contribution in [3.8, 4) is 0 Å². The molecule has 0 spiro atoms. The summed E-state index contributed by atoms with van der Waals surface area (Å²) in [5, 5.41) is 2.11. The van der Waals surface area contributed by atoms with Gasteiger partial charge in [-0.1, -0.05) is 27.2 Å². The maximum atomic E-state index is 4.38. The lowest BCUT2D eigenvalue weighted by molar-refractivity contribution is 0.199. The molecule has 10 heavy (non-hydrogen) atoms. The third kappa shape index (κ3) is 4.77. The van der Waals surface area contributed by atoms with Gasteiger partial charge >= 0.3 is 0 Å². The van der Waals surface area contributed by atoms with Gasteiger partial charge < -0.3 is 0 Å². The monoisotopic (exact) mass is 143 g/mol. The van der Waals surface area contributed by atoms with Crippen molar-refractivity contribution in [3.05, 3.63) is 0 Å². The van der Waals surface area contributed by atoms with Crippen LogP contribution in [0.15, 0.2) is 0 Å². The molecule has 0 aromatic carbocycles. The van der Waals surface area contributed by atoms with Crippen molar-refractivity contribution >= 4 is 0 Å². The van der Waals surface area contributed by atoms with Gasteiger partial charge in [-0.2, -0.15) is 5.43 Å². The Morgan fingerprint density at radius 3 is 2.10 bits per heavy atom. The second kappa shape index (κ2) is 7.03. The van der Waals surface area contributed by atoms with Gasteiger partial charge in [0.1, 0.15) is 0 Å².